The van der Waals surface area contributed by atoms with Crippen LogP contribution in [0.5, 0.6) is 0 Å². The molecule has 5 heteroatoms. The molecule has 0 saturated carbocycles. The molecule has 4 nitrogen and oxygen atoms in total. The van der Waals surface area contributed by atoms with Crippen molar-refractivity contribution in [3.63, 3.8) is 0 Å². The van der Waals surface area contributed by atoms with Crippen molar-refractivity contribution in [2.45, 2.75) is 25.8 Å². The topological polar surface area (TPSA) is 55.1 Å². The normalized spacial score (nSPS) is 15.5. The van der Waals surface area contributed by atoms with Crippen LogP contribution >= 0.6 is 22.6 Å². The number of hydrogen-bond acceptors (Lipinski definition) is 2. The third-order valence-corrected chi connectivity index (χ3v) is 3.31. The largest absolute Gasteiger partial charge is 0.476 e. The molecule has 0 saturated heterocycles. The number of halogens is 1. The first-order valence-electron chi connectivity index (χ1n) is 4.18. The summed E-state index contributed by atoms with van der Waals surface area (Å²) in [6, 6.07) is 0. The van der Waals surface area contributed by atoms with Gasteiger partial charge >= 0.3 is 5.97 Å². The molecule has 0 amide bonds. The van der Waals surface area contributed by atoms with Gasteiger partial charge in [0.1, 0.15) is 9.53 Å². The van der Waals surface area contributed by atoms with E-state index in [1.807, 2.05) is 4.57 Å². The fraction of sp³-hybridized carbons (Fsp3) is 0.500. The summed E-state index contributed by atoms with van der Waals surface area (Å²) in [6.07, 6.45) is 3.15. The number of fused-ring (bicyclic) bond motifs is 1. The third kappa shape index (κ3) is 1.45. The molecule has 0 aromatic carbocycles. The molecule has 0 spiro atoms. The Bertz CT molecular complexity index is 359. The van der Waals surface area contributed by atoms with E-state index in [9.17, 15) is 4.79 Å². The fourth-order valence-electron chi connectivity index (χ4n) is 1.58. The zero-order chi connectivity index (χ0) is 9.42. The lowest BCUT2D eigenvalue weighted by molar-refractivity contribution is 0.0689. The van der Waals surface area contributed by atoms with Crippen LogP contribution in [0.25, 0.3) is 0 Å². The highest BCUT2D eigenvalue weighted by molar-refractivity contribution is 14.1. The van der Waals surface area contributed by atoms with Gasteiger partial charge in [-0.3, -0.25) is 0 Å². The van der Waals surface area contributed by atoms with E-state index >= 15 is 0 Å². The summed E-state index contributed by atoms with van der Waals surface area (Å²) in [4.78, 5) is 14.9. The lowest BCUT2D eigenvalue weighted by Crippen LogP contribution is -2.11. The second-order valence-electron chi connectivity index (χ2n) is 3.08. The minimum Gasteiger partial charge on any atom is -0.476 e. The summed E-state index contributed by atoms with van der Waals surface area (Å²) < 4.78 is 2.77. The van der Waals surface area contributed by atoms with Crippen LogP contribution < -0.4 is 0 Å². The summed E-state index contributed by atoms with van der Waals surface area (Å²) >= 11 is 2.05. The smallest absolute Gasteiger partial charge is 0.357 e. The van der Waals surface area contributed by atoms with Gasteiger partial charge in [0.2, 0.25) is 0 Å². The second-order valence-corrected chi connectivity index (χ2v) is 4.10. The predicted molar refractivity (Wildman–Crippen MR) is 54.8 cm³/mol. The number of aromatic carboxylic acids is 1. The highest BCUT2D eigenvalue weighted by Crippen LogP contribution is 2.20. The maximum atomic E-state index is 10.8. The van der Waals surface area contributed by atoms with Crippen molar-refractivity contribution in [3.05, 3.63) is 15.2 Å². The van der Waals surface area contributed by atoms with E-state index < -0.39 is 5.97 Å². The molecule has 1 aliphatic rings. The Morgan fingerprint density at radius 2 is 2.31 bits per heavy atom. The van der Waals surface area contributed by atoms with Gasteiger partial charge in [-0.1, -0.05) is 0 Å². The van der Waals surface area contributed by atoms with Crippen molar-refractivity contribution in [1.29, 1.82) is 0 Å². The monoisotopic (exact) mass is 292 g/mol. The molecule has 0 unspecified atom stereocenters. The van der Waals surface area contributed by atoms with Gasteiger partial charge in [0.05, 0.1) is 0 Å². The summed E-state index contributed by atoms with van der Waals surface area (Å²) in [6.45, 7) is 0.911. The highest BCUT2D eigenvalue weighted by atomic mass is 127. The molecule has 0 fully saturated rings. The molecule has 13 heavy (non-hydrogen) atoms. The van der Waals surface area contributed by atoms with E-state index in [0.717, 1.165) is 35.3 Å². The zero-order valence-corrected chi connectivity index (χ0v) is 9.11. The van der Waals surface area contributed by atoms with E-state index in [0.29, 0.717) is 0 Å². The quantitative estimate of drug-likeness (QED) is 0.798. The SMILES string of the molecule is O=C(O)c1nc2n(c1I)CCCC2. The lowest BCUT2D eigenvalue weighted by atomic mass is 10.2. The van der Waals surface area contributed by atoms with E-state index in [1.54, 1.807) is 0 Å². The number of carbonyl (C=O) groups is 1. The first-order valence-corrected chi connectivity index (χ1v) is 5.26. The Hall–Kier alpha value is -0.590. The van der Waals surface area contributed by atoms with Crippen LogP contribution in [0.2, 0.25) is 0 Å². The molecule has 0 aliphatic carbocycles. The molecule has 1 aromatic rings. The molecule has 1 aromatic heterocycles. The molecule has 1 N–H and O–H groups in total. The molecule has 2 rings (SSSR count). The number of imidazole rings is 1. The van der Waals surface area contributed by atoms with E-state index in [4.69, 9.17) is 5.11 Å². The van der Waals surface area contributed by atoms with Crippen LogP contribution in [0, 0.1) is 3.70 Å². The number of nitrogens with zero attached hydrogens (tertiary/aromatic N) is 2. The van der Waals surface area contributed by atoms with Crippen molar-refractivity contribution < 1.29 is 9.90 Å². The Morgan fingerprint density at radius 3 is 2.92 bits per heavy atom. The van der Waals surface area contributed by atoms with Crippen LogP contribution in [0.4, 0.5) is 0 Å². The second kappa shape index (κ2) is 3.28. The molecular weight excluding hydrogens is 283 g/mol. The Balaban J connectivity index is 2.50. The maximum Gasteiger partial charge on any atom is 0.357 e. The molecule has 1 aliphatic heterocycles. The van der Waals surface area contributed by atoms with Crippen molar-refractivity contribution >= 4 is 28.6 Å². The van der Waals surface area contributed by atoms with E-state index in [1.165, 1.54) is 0 Å². The number of aromatic nitrogens is 2. The standard InChI is InChI=1S/C8H9IN2O2/c9-7-6(8(12)13)10-5-3-1-2-4-11(5)7/h1-4H2,(H,12,13). The van der Waals surface area contributed by atoms with E-state index in [2.05, 4.69) is 27.6 Å². The van der Waals surface area contributed by atoms with Gasteiger partial charge in [-0.15, -0.1) is 0 Å². The number of hydrogen-bond donors (Lipinski definition) is 1. The molecule has 70 valence electrons. The average Bonchev–Trinajstić information content (AvgIpc) is 2.45. The number of carboxylic acids is 1. The molecule has 0 atom stereocenters. The summed E-state index contributed by atoms with van der Waals surface area (Å²) in [5, 5.41) is 8.83. The minimum absolute atomic E-state index is 0.206. The van der Waals surface area contributed by atoms with Gasteiger partial charge in [0, 0.05) is 13.0 Å². The van der Waals surface area contributed by atoms with Crippen LogP contribution in [0.3, 0.4) is 0 Å². The predicted octanol–water partition coefficient (Wildman–Crippen LogP) is 1.52. The first-order chi connectivity index (χ1) is 6.20. The van der Waals surface area contributed by atoms with E-state index in [-0.39, 0.29) is 5.69 Å². The van der Waals surface area contributed by atoms with Gasteiger partial charge in [-0.25, -0.2) is 9.78 Å². The van der Waals surface area contributed by atoms with Crippen molar-refractivity contribution in [3.8, 4) is 0 Å². The summed E-state index contributed by atoms with van der Waals surface area (Å²) in [5.41, 5.74) is 0.206. The number of carboxylic acid groups (broad SMARTS) is 1. The summed E-state index contributed by atoms with van der Waals surface area (Å²) in [5.74, 6) is -0.000602. The minimum atomic E-state index is -0.925. The number of rotatable bonds is 1. The van der Waals surface area contributed by atoms with Crippen molar-refractivity contribution in [2.75, 3.05) is 0 Å². The molecule has 0 bridgehead atoms. The zero-order valence-electron chi connectivity index (χ0n) is 6.96. The van der Waals surface area contributed by atoms with Crippen LogP contribution in [-0.2, 0) is 13.0 Å². The average molecular weight is 292 g/mol. The maximum absolute atomic E-state index is 10.8. The summed E-state index contributed by atoms with van der Waals surface area (Å²) in [7, 11) is 0. The highest BCUT2D eigenvalue weighted by Gasteiger charge is 2.21. The Morgan fingerprint density at radius 1 is 1.54 bits per heavy atom. The van der Waals surface area contributed by atoms with Gasteiger partial charge in [0.15, 0.2) is 5.69 Å². The molecular formula is C8H9IN2O2. The molecule has 0 radical (unpaired) electrons. The van der Waals surface area contributed by atoms with Gasteiger partial charge in [-0.05, 0) is 35.4 Å². The third-order valence-electron chi connectivity index (χ3n) is 2.22. The number of aryl methyl sites for hydroxylation is 1. The fourth-order valence-corrected chi connectivity index (χ4v) is 2.45. The Kier molecular flexibility index (Phi) is 2.27. The van der Waals surface area contributed by atoms with Crippen LogP contribution in [0.1, 0.15) is 29.2 Å². The van der Waals surface area contributed by atoms with Crippen molar-refractivity contribution in [2.24, 2.45) is 0 Å². The van der Waals surface area contributed by atoms with Crippen molar-refractivity contribution in [1.82, 2.24) is 9.55 Å². The van der Waals surface area contributed by atoms with Gasteiger partial charge in [0.25, 0.3) is 0 Å². The van der Waals surface area contributed by atoms with Crippen LogP contribution in [-0.4, -0.2) is 20.6 Å². The van der Waals surface area contributed by atoms with Crippen LogP contribution in [0.15, 0.2) is 0 Å². The molecule has 2 heterocycles. The van der Waals surface area contributed by atoms with Gasteiger partial charge in [-0.2, -0.15) is 0 Å². The Labute approximate surface area is 89.1 Å². The lowest BCUT2D eigenvalue weighted by Gasteiger charge is -2.13. The first kappa shape index (κ1) is 8.98. The van der Waals surface area contributed by atoms with Gasteiger partial charge < -0.3 is 9.67 Å².